The second kappa shape index (κ2) is 11.7. The van der Waals surface area contributed by atoms with E-state index < -0.39 is 12.1 Å². The Morgan fingerprint density at radius 2 is 1.27 bits per heavy atom. The van der Waals surface area contributed by atoms with Gasteiger partial charge in [-0.25, -0.2) is 9.80 Å². The summed E-state index contributed by atoms with van der Waals surface area (Å²) < 4.78 is 0. The maximum absolute atomic E-state index is 14.6. The number of nitrogens with zero attached hydrogens (tertiary/aromatic N) is 3. The van der Waals surface area contributed by atoms with Gasteiger partial charge in [-0.05, 0) is 72.4 Å². The first-order valence-electron chi connectivity index (χ1n) is 13.5. The lowest BCUT2D eigenvalue weighted by atomic mass is 9.98. The zero-order chi connectivity index (χ0) is 28.2. The number of hydrazine groups is 1. The van der Waals surface area contributed by atoms with Crippen molar-refractivity contribution in [1.82, 2.24) is 9.91 Å². The first-order chi connectivity index (χ1) is 19.3. The minimum Gasteiger partial charge on any atom is -0.508 e. The number of carbonyl (C=O) groups excluding carboxylic acids is 1. The molecule has 1 aliphatic heterocycles. The molecule has 0 aliphatic carbocycles. The molecule has 7 nitrogen and oxygen atoms in total. The number of hydrogen-bond acceptors (Lipinski definition) is 5. The molecule has 0 saturated carbocycles. The van der Waals surface area contributed by atoms with Crippen LogP contribution in [-0.4, -0.2) is 50.0 Å². The van der Waals surface area contributed by atoms with Crippen LogP contribution in [-0.2, 0) is 19.5 Å². The quantitative estimate of drug-likeness (QED) is 0.288. The van der Waals surface area contributed by atoms with Gasteiger partial charge in [-0.2, -0.15) is 0 Å². The lowest BCUT2D eigenvalue weighted by molar-refractivity contribution is 0.0751. The number of aliphatic hydroxyl groups excluding tert-OH is 1. The van der Waals surface area contributed by atoms with Gasteiger partial charge in [0.25, 0.3) is 0 Å². The van der Waals surface area contributed by atoms with Crippen LogP contribution in [0.15, 0.2) is 97.1 Å². The molecule has 2 amide bonds. The molecule has 1 aliphatic rings. The molecule has 7 heteroatoms. The van der Waals surface area contributed by atoms with Crippen LogP contribution in [0, 0.1) is 13.8 Å². The molecule has 4 aromatic rings. The highest BCUT2D eigenvalue weighted by molar-refractivity contribution is 5.78. The fourth-order valence-electron chi connectivity index (χ4n) is 5.28. The number of phenolic OH excluding ortho intramolecular Hbond substituents is 2. The summed E-state index contributed by atoms with van der Waals surface area (Å²) in [6.45, 7) is 4.40. The molecule has 0 bridgehead atoms. The summed E-state index contributed by atoms with van der Waals surface area (Å²) >= 11 is 0. The maximum Gasteiger partial charge on any atom is 0.339 e. The monoisotopic (exact) mass is 537 g/mol. The van der Waals surface area contributed by atoms with Crippen molar-refractivity contribution in [3.8, 4) is 11.5 Å². The normalized spacial score (nSPS) is 17.7. The number of amides is 2. The third-order valence-electron chi connectivity index (χ3n) is 7.51. The Kier molecular flexibility index (Phi) is 7.94. The first-order valence-corrected chi connectivity index (χ1v) is 13.5. The van der Waals surface area contributed by atoms with Crippen molar-refractivity contribution in [1.29, 1.82) is 0 Å². The Balaban J connectivity index is 1.59. The van der Waals surface area contributed by atoms with Crippen LogP contribution >= 0.6 is 0 Å². The van der Waals surface area contributed by atoms with Gasteiger partial charge >= 0.3 is 6.03 Å². The zero-order valence-corrected chi connectivity index (χ0v) is 22.8. The number of para-hydroxylation sites is 1. The Labute approximate surface area is 235 Å². The lowest BCUT2D eigenvalue weighted by Crippen LogP contribution is -2.51. The zero-order valence-electron chi connectivity index (χ0n) is 22.8. The van der Waals surface area contributed by atoms with Crippen LogP contribution in [0.4, 0.5) is 10.5 Å². The van der Waals surface area contributed by atoms with E-state index in [2.05, 4.69) is 0 Å². The molecule has 2 atom stereocenters. The number of benzene rings is 4. The summed E-state index contributed by atoms with van der Waals surface area (Å²) in [5, 5.41) is 35.5. The highest BCUT2D eigenvalue weighted by Gasteiger charge is 2.40. The lowest BCUT2D eigenvalue weighted by Gasteiger charge is -2.37. The Bertz CT molecular complexity index is 1460. The van der Waals surface area contributed by atoms with Crippen LogP contribution < -0.4 is 5.01 Å². The standard InChI is InChI=1S/C33H35N3O4/c1-23-17-26(13-15-30(23)37)20-34-29(19-25-9-5-3-6-10-25)32(39)22-35(28-11-7-4-8-12-28)36(33(34)40)21-27-14-16-31(38)24(2)18-27/h3-18,29,32,37-39H,19-22H2,1-2H3/t29-,32-/m1/s1. The molecule has 206 valence electrons. The molecule has 40 heavy (non-hydrogen) atoms. The summed E-state index contributed by atoms with van der Waals surface area (Å²) in [4.78, 5) is 16.3. The average Bonchev–Trinajstić information content (AvgIpc) is 3.05. The van der Waals surface area contributed by atoms with Crippen LogP contribution in [0.3, 0.4) is 0 Å². The van der Waals surface area contributed by atoms with E-state index in [1.54, 1.807) is 22.0 Å². The molecule has 0 radical (unpaired) electrons. The predicted octanol–water partition coefficient (Wildman–Crippen LogP) is 5.55. The van der Waals surface area contributed by atoms with Gasteiger partial charge in [0, 0.05) is 6.54 Å². The molecular weight excluding hydrogens is 502 g/mol. The van der Waals surface area contributed by atoms with Crippen LogP contribution in [0.25, 0.3) is 0 Å². The van der Waals surface area contributed by atoms with E-state index in [1.807, 2.05) is 104 Å². The molecule has 1 heterocycles. The number of hydrogen-bond donors (Lipinski definition) is 3. The predicted molar refractivity (Wildman–Crippen MR) is 156 cm³/mol. The highest BCUT2D eigenvalue weighted by Crippen LogP contribution is 2.30. The van der Waals surface area contributed by atoms with E-state index in [-0.39, 0.29) is 37.2 Å². The molecule has 0 aromatic heterocycles. The van der Waals surface area contributed by atoms with Gasteiger partial charge in [-0.1, -0.05) is 72.8 Å². The number of aryl methyl sites for hydroxylation is 2. The average molecular weight is 538 g/mol. The number of anilines is 1. The van der Waals surface area contributed by atoms with E-state index in [9.17, 15) is 20.1 Å². The minimum atomic E-state index is -0.853. The van der Waals surface area contributed by atoms with Gasteiger partial charge < -0.3 is 20.2 Å². The van der Waals surface area contributed by atoms with Crippen molar-refractivity contribution in [2.24, 2.45) is 0 Å². The topological polar surface area (TPSA) is 87.5 Å². The number of aliphatic hydroxyl groups is 1. The summed E-state index contributed by atoms with van der Waals surface area (Å²) in [6.07, 6.45) is -0.367. The molecule has 1 saturated heterocycles. The Morgan fingerprint density at radius 1 is 0.725 bits per heavy atom. The van der Waals surface area contributed by atoms with Gasteiger partial charge in [0.05, 0.1) is 30.9 Å². The van der Waals surface area contributed by atoms with Crippen molar-refractivity contribution in [3.05, 3.63) is 125 Å². The summed E-state index contributed by atoms with van der Waals surface area (Å²) in [6, 6.07) is 29.4. The molecule has 3 N–H and O–H groups in total. The SMILES string of the molecule is Cc1cc(CN2C(=O)N(Cc3ccc(O)c(C)c3)N(c3ccccc3)C[C@@H](O)[C@H]2Cc2ccccc2)ccc1O. The largest absolute Gasteiger partial charge is 0.508 e. The third kappa shape index (κ3) is 5.90. The van der Waals surface area contributed by atoms with Gasteiger partial charge in [0.2, 0.25) is 0 Å². The van der Waals surface area contributed by atoms with Crippen molar-refractivity contribution < 1.29 is 20.1 Å². The Hall–Kier alpha value is -4.49. The first kappa shape index (κ1) is 27.1. The summed E-state index contributed by atoms with van der Waals surface area (Å²) in [7, 11) is 0. The van der Waals surface area contributed by atoms with E-state index in [0.29, 0.717) is 6.42 Å². The van der Waals surface area contributed by atoms with E-state index >= 15 is 0 Å². The summed E-state index contributed by atoms with van der Waals surface area (Å²) in [5.41, 5.74) is 5.00. The fourth-order valence-corrected chi connectivity index (χ4v) is 5.28. The number of carbonyl (C=O) groups is 1. The third-order valence-corrected chi connectivity index (χ3v) is 7.51. The molecule has 0 unspecified atom stereocenters. The van der Waals surface area contributed by atoms with E-state index in [4.69, 9.17) is 0 Å². The molecule has 1 fully saturated rings. The number of phenols is 2. The van der Waals surface area contributed by atoms with E-state index in [0.717, 1.165) is 33.5 Å². The summed E-state index contributed by atoms with van der Waals surface area (Å²) in [5.74, 6) is 0.403. The smallest absolute Gasteiger partial charge is 0.339 e. The number of urea groups is 1. The number of rotatable bonds is 7. The second-order valence-electron chi connectivity index (χ2n) is 10.5. The number of aromatic hydroxyl groups is 2. The molecule has 0 spiro atoms. The Morgan fingerprint density at radius 3 is 1.85 bits per heavy atom. The van der Waals surface area contributed by atoms with Crippen molar-refractivity contribution in [3.63, 3.8) is 0 Å². The van der Waals surface area contributed by atoms with Gasteiger partial charge in [-0.15, -0.1) is 0 Å². The molecule has 4 aromatic carbocycles. The van der Waals surface area contributed by atoms with Crippen LogP contribution in [0.2, 0.25) is 0 Å². The van der Waals surface area contributed by atoms with Crippen molar-refractivity contribution in [2.75, 3.05) is 11.6 Å². The van der Waals surface area contributed by atoms with Gasteiger partial charge in [0.1, 0.15) is 11.5 Å². The van der Waals surface area contributed by atoms with Crippen molar-refractivity contribution >= 4 is 11.7 Å². The maximum atomic E-state index is 14.6. The number of β-amino-alcohol motifs (C(OH)–C–C–N with tert-alkyl or cyclic N) is 1. The highest BCUT2D eigenvalue weighted by atomic mass is 16.3. The van der Waals surface area contributed by atoms with E-state index in [1.165, 1.54) is 0 Å². The molecule has 5 rings (SSSR count). The van der Waals surface area contributed by atoms with Crippen LogP contribution in [0.1, 0.15) is 27.8 Å². The van der Waals surface area contributed by atoms with Gasteiger partial charge in [0.15, 0.2) is 0 Å². The van der Waals surface area contributed by atoms with Crippen LogP contribution in [0.5, 0.6) is 11.5 Å². The van der Waals surface area contributed by atoms with Gasteiger partial charge in [-0.3, -0.25) is 5.01 Å². The fraction of sp³-hybridized carbons (Fsp3) is 0.242. The second-order valence-corrected chi connectivity index (χ2v) is 10.5. The van der Waals surface area contributed by atoms with Crippen molar-refractivity contribution in [2.45, 2.75) is 45.5 Å². The minimum absolute atomic E-state index is 0.200. The molecular formula is C33H35N3O4.